The van der Waals surface area contributed by atoms with Gasteiger partial charge in [0.15, 0.2) is 0 Å². The van der Waals surface area contributed by atoms with Crippen LogP contribution in [-0.2, 0) is 0 Å². The molecular formula is C14H15FN2S2. The van der Waals surface area contributed by atoms with Crippen molar-refractivity contribution < 1.29 is 4.39 Å². The van der Waals surface area contributed by atoms with Crippen molar-refractivity contribution in [1.29, 1.82) is 0 Å². The summed E-state index contributed by atoms with van der Waals surface area (Å²) in [6.45, 7) is 4.12. The number of hydrogen-bond donors (Lipinski definition) is 2. The molecule has 1 heterocycles. The number of thiophene rings is 1. The van der Waals surface area contributed by atoms with Gasteiger partial charge in [-0.15, -0.1) is 11.3 Å². The van der Waals surface area contributed by atoms with Crippen LogP contribution in [0.25, 0.3) is 0 Å². The Balaban J connectivity index is 2.26. The molecule has 0 aliphatic heterocycles. The van der Waals surface area contributed by atoms with E-state index in [1.54, 1.807) is 17.4 Å². The molecule has 0 amide bonds. The molecule has 2 aromatic rings. The first-order valence-electron chi connectivity index (χ1n) is 5.89. The Morgan fingerprint density at radius 2 is 2.11 bits per heavy atom. The van der Waals surface area contributed by atoms with Gasteiger partial charge in [0.25, 0.3) is 0 Å². The normalized spacial score (nSPS) is 12.2. The fraction of sp³-hybridized carbons (Fsp3) is 0.214. The average Bonchev–Trinajstić information content (AvgIpc) is 2.78. The standard InChI is InChI=1S/C14H15FN2S2/c1-8-3-6-13(19-8)9(2)17-12-5-4-10(15)7-11(12)14(16)18/h3-7,9,17H,1-2H3,(H2,16,18). The quantitative estimate of drug-likeness (QED) is 0.837. The number of benzene rings is 1. The highest BCUT2D eigenvalue weighted by atomic mass is 32.1. The molecule has 0 bridgehead atoms. The molecule has 19 heavy (non-hydrogen) atoms. The van der Waals surface area contributed by atoms with E-state index in [1.807, 2.05) is 0 Å². The van der Waals surface area contributed by atoms with E-state index < -0.39 is 0 Å². The summed E-state index contributed by atoms with van der Waals surface area (Å²) in [5.41, 5.74) is 6.92. The molecule has 1 unspecified atom stereocenters. The Labute approximate surface area is 121 Å². The number of nitrogens with one attached hydrogen (secondary N) is 1. The van der Waals surface area contributed by atoms with E-state index in [0.717, 1.165) is 5.69 Å². The summed E-state index contributed by atoms with van der Waals surface area (Å²) in [6, 6.07) is 8.71. The zero-order valence-corrected chi connectivity index (χ0v) is 12.4. The molecule has 0 saturated heterocycles. The van der Waals surface area contributed by atoms with E-state index in [2.05, 4.69) is 31.3 Å². The molecule has 3 N–H and O–H groups in total. The molecule has 2 nitrogen and oxygen atoms in total. The van der Waals surface area contributed by atoms with Crippen LogP contribution in [0, 0.1) is 12.7 Å². The number of anilines is 1. The zero-order valence-electron chi connectivity index (χ0n) is 10.7. The maximum absolute atomic E-state index is 13.2. The Morgan fingerprint density at radius 3 is 2.68 bits per heavy atom. The summed E-state index contributed by atoms with van der Waals surface area (Å²) in [5.74, 6) is -0.340. The van der Waals surface area contributed by atoms with Crippen molar-refractivity contribution in [2.75, 3.05) is 5.32 Å². The second-order valence-corrected chi connectivity index (χ2v) is 6.13. The topological polar surface area (TPSA) is 38.0 Å². The molecule has 1 atom stereocenters. The highest BCUT2D eigenvalue weighted by Crippen LogP contribution is 2.27. The van der Waals surface area contributed by atoms with Gasteiger partial charge in [-0.3, -0.25) is 0 Å². The average molecular weight is 294 g/mol. The predicted octanol–water partition coefficient (Wildman–Crippen LogP) is 4.00. The lowest BCUT2D eigenvalue weighted by Gasteiger charge is -2.16. The van der Waals surface area contributed by atoms with Crippen molar-refractivity contribution in [2.45, 2.75) is 19.9 Å². The molecule has 0 saturated carbocycles. The molecule has 2 rings (SSSR count). The lowest BCUT2D eigenvalue weighted by atomic mass is 10.1. The molecule has 0 radical (unpaired) electrons. The lowest BCUT2D eigenvalue weighted by Crippen LogP contribution is -2.15. The van der Waals surface area contributed by atoms with Crippen LogP contribution >= 0.6 is 23.6 Å². The van der Waals surface area contributed by atoms with Gasteiger partial charge in [-0.2, -0.15) is 0 Å². The summed E-state index contributed by atoms with van der Waals surface area (Å²) >= 11 is 6.69. The van der Waals surface area contributed by atoms with Crippen molar-refractivity contribution in [3.05, 3.63) is 51.5 Å². The van der Waals surface area contributed by atoms with Crippen LogP contribution in [0.5, 0.6) is 0 Å². The van der Waals surface area contributed by atoms with Crippen LogP contribution in [0.2, 0.25) is 0 Å². The zero-order chi connectivity index (χ0) is 14.0. The highest BCUT2D eigenvalue weighted by Gasteiger charge is 2.12. The molecule has 100 valence electrons. The maximum atomic E-state index is 13.2. The Hall–Kier alpha value is -1.46. The highest BCUT2D eigenvalue weighted by molar-refractivity contribution is 7.80. The van der Waals surface area contributed by atoms with E-state index in [4.69, 9.17) is 18.0 Å². The van der Waals surface area contributed by atoms with Crippen LogP contribution in [0.4, 0.5) is 10.1 Å². The number of nitrogens with two attached hydrogens (primary N) is 1. The van der Waals surface area contributed by atoms with Crippen molar-refractivity contribution >= 4 is 34.2 Å². The second-order valence-electron chi connectivity index (χ2n) is 4.37. The van der Waals surface area contributed by atoms with Crippen LogP contribution < -0.4 is 11.1 Å². The van der Waals surface area contributed by atoms with Gasteiger partial charge >= 0.3 is 0 Å². The monoisotopic (exact) mass is 294 g/mol. The summed E-state index contributed by atoms with van der Waals surface area (Å²) in [5, 5.41) is 3.32. The minimum absolute atomic E-state index is 0.122. The third-order valence-electron chi connectivity index (χ3n) is 2.81. The van der Waals surface area contributed by atoms with Gasteiger partial charge in [0.1, 0.15) is 10.8 Å². The third kappa shape index (κ3) is 3.30. The second kappa shape index (κ2) is 5.67. The molecule has 0 fully saturated rings. The van der Waals surface area contributed by atoms with E-state index in [0.29, 0.717) is 5.56 Å². The molecule has 1 aromatic carbocycles. The van der Waals surface area contributed by atoms with E-state index in [-0.39, 0.29) is 16.8 Å². The minimum atomic E-state index is -0.340. The van der Waals surface area contributed by atoms with Crippen molar-refractivity contribution in [3.8, 4) is 0 Å². The van der Waals surface area contributed by atoms with E-state index in [9.17, 15) is 4.39 Å². The van der Waals surface area contributed by atoms with Gasteiger partial charge in [-0.1, -0.05) is 12.2 Å². The lowest BCUT2D eigenvalue weighted by molar-refractivity contribution is 0.627. The van der Waals surface area contributed by atoms with Crippen LogP contribution in [0.3, 0.4) is 0 Å². The number of halogens is 1. The minimum Gasteiger partial charge on any atom is -0.389 e. The predicted molar refractivity (Wildman–Crippen MR) is 83.4 cm³/mol. The van der Waals surface area contributed by atoms with E-state index >= 15 is 0 Å². The van der Waals surface area contributed by atoms with Gasteiger partial charge in [0.05, 0.1) is 6.04 Å². The SMILES string of the molecule is Cc1ccc(C(C)Nc2ccc(F)cc2C(N)=S)s1. The summed E-state index contributed by atoms with van der Waals surface area (Å²) < 4.78 is 13.2. The number of thiocarbonyl (C=S) groups is 1. The van der Waals surface area contributed by atoms with Gasteiger partial charge in [-0.25, -0.2) is 4.39 Å². The molecule has 0 aliphatic carbocycles. The van der Waals surface area contributed by atoms with Gasteiger partial charge in [-0.05, 0) is 44.2 Å². The van der Waals surface area contributed by atoms with Gasteiger partial charge in [0.2, 0.25) is 0 Å². The molecule has 0 aliphatic rings. The van der Waals surface area contributed by atoms with Crippen LogP contribution in [0.15, 0.2) is 30.3 Å². The first-order valence-corrected chi connectivity index (χ1v) is 7.12. The fourth-order valence-corrected chi connectivity index (χ4v) is 2.89. The van der Waals surface area contributed by atoms with Gasteiger partial charge < -0.3 is 11.1 Å². The van der Waals surface area contributed by atoms with Crippen molar-refractivity contribution in [1.82, 2.24) is 0 Å². The molecule has 1 aromatic heterocycles. The number of hydrogen-bond acceptors (Lipinski definition) is 3. The van der Waals surface area contributed by atoms with Crippen molar-refractivity contribution in [2.24, 2.45) is 5.73 Å². The smallest absolute Gasteiger partial charge is 0.124 e. The number of rotatable bonds is 4. The molecule has 0 spiro atoms. The summed E-state index contributed by atoms with van der Waals surface area (Å²) in [7, 11) is 0. The summed E-state index contributed by atoms with van der Waals surface area (Å²) in [6.07, 6.45) is 0. The van der Waals surface area contributed by atoms with Crippen LogP contribution in [-0.4, -0.2) is 4.99 Å². The molecule has 5 heteroatoms. The van der Waals surface area contributed by atoms with Crippen molar-refractivity contribution in [3.63, 3.8) is 0 Å². The number of aryl methyl sites for hydroxylation is 1. The van der Waals surface area contributed by atoms with E-state index in [1.165, 1.54) is 21.9 Å². The first-order chi connectivity index (χ1) is 8.97. The third-order valence-corrected chi connectivity index (χ3v) is 4.21. The van der Waals surface area contributed by atoms with Gasteiger partial charge in [0, 0.05) is 21.0 Å². The maximum Gasteiger partial charge on any atom is 0.124 e. The summed E-state index contributed by atoms with van der Waals surface area (Å²) in [4.78, 5) is 2.67. The Bertz CT molecular complexity index is 607. The molecular weight excluding hydrogens is 279 g/mol. The first kappa shape index (κ1) is 14.0. The fourth-order valence-electron chi connectivity index (χ4n) is 1.84. The Kier molecular flexibility index (Phi) is 4.17. The van der Waals surface area contributed by atoms with Crippen LogP contribution in [0.1, 0.15) is 28.3 Å². The largest absolute Gasteiger partial charge is 0.389 e. The Morgan fingerprint density at radius 1 is 1.37 bits per heavy atom.